The number of halogens is 1. The summed E-state index contributed by atoms with van der Waals surface area (Å²) < 4.78 is 11.6. The van der Waals surface area contributed by atoms with Crippen molar-refractivity contribution >= 4 is 34.6 Å². The van der Waals surface area contributed by atoms with E-state index in [0.29, 0.717) is 28.4 Å². The van der Waals surface area contributed by atoms with E-state index in [1.54, 1.807) is 25.1 Å². The summed E-state index contributed by atoms with van der Waals surface area (Å²) in [7, 11) is 1.32. The number of esters is 1. The van der Waals surface area contributed by atoms with Gasteiger partial charge in [0, 0.05) is 16.0 Å². The van der Waals surface area contributed by atoms with E-state index in [9.17, 15) is 9.59 Å². The number of nitrogens with zero attached hydrogens (tertiary/aromatic N) is 1. The number of carbonyl (C=O) groups excluding carboxylic acids is 2. The van der Waals surface area contributed by atoms with Crippen LogP contribution in [0.5, 0.6) is 0 Å². The van der Waals surface area contributed by atoms with Crippen LogP contribution in [0.15, 0.2) is 48.5 Å². The molecule has 0 bridgehead atoms. The number of benzene rings is 2. The molecule has 1 aromatic heterocycles. The van der Waals surface area contributed by atoms with Crippen molar-refractivity contribution in [3.05, 3.63) is 59.1 Å². The molecule has 3 rings (SSSR count). The van der Waals surface area contributed by atoms with E-state index in [4.69, 9.17) is 21.1 Å². The molecule has 3 aromatic rings. The number of carbonyl (C=O) groups is 2. The van der Waals surface area contributed by atoms with Crippen LogP contribution in [0.3, 0.4) is 0 Å². The van der Waals surface area contributed by atoms with Crippen LogP contribution in [0.4, 0.5) is 4.79 Å². The summed E-state index contributed by atoms with van der Waals surface area (Å²) in [6.07, 6.45) is -0.494. The van der Waals surface area contributed by atoms with Gasteiger partial charge in [0.2, 0.25) is 0 Å². The van der Waals surface area contributed by atoms with Crippen molar-refractivity contribution in [1.82, 2.24) is 4.57 Å². The van der Waals surface area contributed by atoms with Gasteiger partial charge in [-0.2, -0.15) is 0 Å². The first-order valence-corrected chi connectivity index (χ1v) is 8.56. The van der Waals surface area contributed by atoms with Crippen molar-refractivity contribution in [2.24, 2.45) is 0 Å². The Morgan fingerprint density at radius 3 is 2.58 bits per heavy atom. The van der Waals surface area contributed by atoms with E-state index in [1.807, 2.05) is 30.3 Å². The molecule has 0 saturated heterocycles. The van der Waals surface area contributed by atoms with Gasteiger partial charge < -0.3 is 9.47 Å². The Morgan fingerprint density at radius 1 is 1.12 bits per heavy atom. The fraction of sp³-hybridized carbons (Fsp3) is 0.200. The predicted octanol–water partition coefficient (Wildman–Crippen LogP) is 4.68. The van der Waals surface area contributed by atoms with Crippen molar-refractivity contribution in [2.75, 3.05) is 13.7 Å². The standard InChI is InChI=1S/C20H18ClNO4/c1-3-26-18(23)12-16-15-9-4-5-10-17(15)22(20(24)25-2)19(16)13-7-6-8-14(21)11-13/h4-11H,3,12H2,1-2H3. The van der Waals surface area contributed by atoms with E-state index in [0.717, 1.165) is 10.9 Å². The number of aromatic nitrogens is 1. The van der Waals surface area contributed by atoms with E-state index >= 15 is 0 Å². The van der Waals surface area contributed by atoms with Crippen molar-refractivity contribution in [1.29, 1.82) is 0 Å². The van der Waals surface area contributed by atoms with Gasteiger partial charge in [-0.3, -0.25) is 4.79 Å². The number of methoxy groups -OCH3 is 1. The third-order valence-electron chi connectivity index (χ3n) is 4.06. The van der Waals surface area contributed by atoms with Gasteiger partial charge in [0.1, 0.15) is 0 Å². The third-order valence-corrected chi connectivity index (χ3v) is 4.30. The highest BCUT2D eigenvalue weighted by atomic mass is 35.5. The molecule has 6 heteroatoms. The second-order valence-corrected chi connectivity index (χ2v) is 6.08. The predicted molar refractivity (Wildman–Crippen MR) is 101 cm³/mol. The fourth-order valence-corrected chi connectivity index (χ4v) is 3.25. The van der Waals surface area contributed by atoms with Crippen LogP contribution in [-0.2, 0) is 20.7 Å². The van der Waals surface area contributed by atoms with E-state index in [-0.39, 0.29) is 12.4 Å². The Labute approximate surface area is 156 Å². The SMILES string of the molecule is CCOC(=O)Cc1c(-c2cccc(Cl)c2)n(C(=O)OC)c2ccccc12. The first-order chi connectivity index (χ1) is 12.6. The molecule has 0 atom stereocenters. The quantitative estimate of drug-likeness (QED) is 0.625. The van der Waals surface area contributed by atoms with Gasteiger partial charge >= 0.3 is 12.1 Å². The summed E-state index contributed by atoms with van der Waals surface area (Å²) in [6, 6.07) is 14.5. The highest BCUT2D eigenvalue weighted by molar-refractivity contribution is 6.30. The van der Waals surface area contributed by atoms with Crippen molar-refractivity contribution in [3.63, 3.8) is 0 Å². The van der Waals surface area contributed by atoms with Crippen LogP contribution < -0.4 is 0 Å². The molecule has 26 heavy (non-hydrogen) atoms. The van der Waals surface area contributed by atoms with Crippen LogP contribution in [0.1, 0.15) is 12.5 Å². The smallest absolute Gasteiger partial charge is 0.418 e. The lowest BCUT2D eigenvalue weighted by atomic mass is 10.0. The summed E-state index contributed by atoms with van der Waals surface area (Å²) >= 11 is 6.15. The molecular weight excluding hydrogens is 354 g/mol. The second-order valence-electron chi connectivity index (χ2n) is 5.64. The van der Waals surface area contributed by atoms with Crippen molar-refractivity contribution in [2.45, 2.75) is 13.3 Å². The number of hydrogen-bond donors (Lipinski definition) is 0. The van der Waals surface area contributed by atoms with Crippen molar-refractivity contribution in [3.8, 4) is 11.3 Å². The topological polar surface area (TPSA) is 57.5 Å². The molecular formula is C20H18ClNO4. The molecule has 0 N–H and O–H groups in total. The fourth-order valence-electron chi connectivity index (χ4n) is 3.06. The maximum atomic E-state index is 12.5. The molecule has 0 aliphatic rings. The summed E-state index contributed by atoms with van der Waals surface area (Å²) in [4.78, 5) is 24.7. The van der Waals surface area contributed by atoms with Crippen LogP contribution in [0, 0.1) is 0 Å². The second kappa shape index (κ2) is 7.62. The molecule has 134 valence electrons. The zero-order valence-electron chi connectivity index (χ0n) is 14.5. The molecule has 5 nitrogen and oxygen atoms in total. The van der Waals surface area contributed by atoms with Gasteiger partial charge in [0.25, 0.3) is 0 Å². The van der Waals surface area contributed by atoms with E-state index in [2.05, 4.69) is 0 Å². The highest BCUT2D eigenvalue weighted by Crippen LogP contribution is 2.35. The minimum Gasteiger partial charge on any atom is -0.466 e. The minimum absolute atomic E-state index is 0.0419. The molecule has 0 aliphatic carbocycles. The molecule has 0 saturated carbocycles. The first kappa shape index (κ1) is 18.0. The zero-order chi connectivity index (χ0) is 18.7. The zero-order valence-corrected chi connectivity index (χ0v) is 15.2. The lowest BCUT2D eigenvalue weighted by molar-refractivity contribution is -0.142. The van der Waals surface area contributed by atoms with Gasteiger partial charge in [-0.05, 0) is 30.7 Å². The lowest BCUT2D eigenvalue weighted by Crippen LogP contribution is -2.14. The maximum absolute atomic E-state index is 12.5. The molecule has 0 fully saturated rings. The molecule has 0 radical (unpaired) electrons. The van der Waals surface area contributed by atoms with Gasteiger partial charge in [0.05, 0.1) is 31.3 Å². The third kappa shape index (κ3) is 3.30. The number of hydrogen-bond acceptors (Lipinski definition) is 4. The maximum Gasteiger partial charge on any atom is 0.418 e. The number of rotatable bonds is 4. The summed E-state index contributed by atoms with van der Waals surface area (Å²) in [6.45, 7) is 2.05. The van der Waals surface area contributed by atoms with Crippen LogP contribution in [0.2, 0.25) is 5.02 Å². The van der Waals surface area contributed by atoms with E-state index in [1.165, 1.54) is 11.7 Å². The van der Waals surface area contributed by atoms with Gasteiger partial charge in [-0.15, -0.1) is 0 Å². The molecule has 0 amide bonds. The number of para-hydroxylation sites is 1. The Bertz CT molecular complexity index is 977. The van der Waals surface area contributed by atoms with Crippen LogP contribution >= 0.6 is 11.6 Å². The monoisotopic (exact) mass is 371 g/mol. The summed E-state index contributed by atoms with van der Waals surface area (Å²) in [5.74, 6) is -0.358. The van der Waals surface area contributed by atoms with E-state index < -0.39 is 6.09 Å². The highest BCUT2D eigenvalue weighted by Gasteiger charge is 2.24. The first-order valence-electron chi connectivity index (χ1n) is 8.19. The molecule has 0 unspecified atom stereocenters. The lowest BCUT2D eigenvalue weighted by Gasteiger charge is -2.11. The number of ether oxygens (including phenoxy) is 2. The van der Waals surface area contributed by atoms with Crippen LogP contribution in [-0.4, -0.2) is 30.3 Å². The normalized spacial score (nSPS) is 10.7. The van der Waals surface area contributed by atoms with Crippen LogP contribution in [0.25, 0.3) is 22.2 Å². The van der Waals surface area contributed by atoms with Crippen molar-refractivity contribution < 1.29 is 19.1 Å². The molecule has 2 aromatic carbocycles. The van der Waals surface area contributed by atoms with Gasteiger partial charge in [0.15, 0.2) is 0 Å². The average molecular weight is 372 g/mol. The Hall–Kier alpha value is -2.79. The Kier molecular flexibility index (Phi) is 5.28. The molecule has 0 aliphatic heterocycles. The molecule has 0 spiro atoms. The van der Waals surface area contributed by atoms with Gasteiger partial charge in [-0.1, -0.05) is 41.9 Å². The summed E-state index contributed by atoms with van der Waals surface area (Å²) in [5.41, 5.74) is 2.66. The largest absolute Gasteiger partial charge is 0.466 e. The minimum atomic E-state index is -0.536. The Morgan fingerprint density at radius 2 is 1.88 bits per heavy atom. The average Bonchev–Trinajstić information content (AvgIpc) is 2.95. The summed E-state index contributed by atoms with van der Waals surface area (Å²) in [5, 5.41) is 1.33. The Balaban J connectivity index is 2.33. The number of fused-ring (bicyclic) bond motifs is 1. The van der Waals surface area contributed by atoms with Gasteiger partial charge in [-0.25, -0.2) is 9.36 Å². The molecule has 1 heterocycles.